The highest BCUT2D eigenvalue weighted by atomic mass is 35.5. The quantitative estimate of drug-likeness (QED) is 0.788. The van der Waals surface area contributed by atoms with E-state index in [9.17, 15) is 13.2 Å². The maximum absolute atomic E-state index is 13.0. The molecule has 3 fully saturated rings. The third-order valence-corrected chi connectivity index (χ3v) is 7.97. The summed E-state index contributed by atoms with van der Waals surface area (Å²) in [4.78, 5) is 16.8. The summed E-state index contributed by atoms with van der Waals surface area (Å²) >= 11 is 6.25. The number of nitrogens with zero attached hydrogens (tertiary/aromatic N) is 2. The number of amides is 1. The van der Waals surface area contributed by atoms with Crippen LogP contribution in [0.5, 0.6) is 0 Å². The third-order valence-electron chi connectivity index (χ3n) is 5.86. The number of aryl methyl sites for hydroxylation is 1. The standard InChI is InChI=1S/C18H23ClN2O3S/c1-12-6-7-14(8-15(12)19)21-17-11-25(23,24)10-16(17)20(9-18(21)22)13-4-2-3-5-13/h6-8,13,16-17H,2-5,9-11H2,1H3. The lowest BCUT2D eigenvalue weighted by Crippen LogP contribution is -2.64. The van der Waals surface area contributed by atoms with Gasteiger partial charge in [0.05, 0.1) is 24.1 Å². The molecule has 2 saturated heterocycles. The molecular formula is C18H23ClN2O3S. The first-order chi connectivity index (χ1) is 11.9. The number of fused-ring (bicyclic) bond motifs is 1. The molecule has 2 atom stereocenters. The summed E-state index contributed by atoms with van der Waals surface area (Å²) in [7, 11) is -3.14. The highest BCUT2D eigenvalue weighted by Crippen LogP contribution is 2.36. The summed E-state index contributed by atoms with van der Waals surface area (Å²) in [6.45, 7) is 2.21. The molecule has 136 valence electrons. The van der Waals surface area contributed by atoms with Crippen LogP contribution in [0.15, 0.2) is 18.2 Å². The second-order valence-electron chi connectivity index (χ2n) is 7.52. The van der Waals surface area contributed by atoms with Gasteiger partial charge in [0.2, 0.25) is 5.91 Å². The molecule has 0 radical (unpaired) electrons. The molecule has 1 aliphatic carbocycles. The molecule has 1 aromatic rings. The van der Waals surface area contributed by atoms with Crippen molar-refractivity contribution in [2.75, 3.05) is 23.0 Å². The van der Waals surface area contributed by atoms with E-state index in [0.29, 0.717) is 23.3 Å². The second-order valence-corrected chi connectivity index (χ2v) is 10.1. The Bertz CT molecular complexity index is 805. The SMILES string of the molecule is Cc1ccc(N2C(=O)CN(C3CCCC3)C3CS(=O)(=O)CC32)cc1Cl. The minimum atomic E-state index is -3.14. The number of benzene rings is 1. The molecule has 1 aromatic carbocycles. The van der Waals surface area contributed by atoms with Crippen molar-refractivity contribution in [3.63, 3.8) is 0 Å². The van der Waals surface area contributed by atoms with Crippen LogP contribution in [-0.4, -0.2) is 55.4 Å². The maximum atomic E-state index is 13.0. The molecule has 2 unspecified atom stereocenters. The molecule has 0 aromatic heterocycles. The Labute approximate surface area is 153 Å². The minimum Gasteiger partial charge on any atom is -0.306 e. The van der Waals surface area contributed by atoms with Crippen molar-refractivity contribution in [2.45, 2.75) is 50.7 Å². The predicted octanol–water partition coefficient (Wildman–Crippen LogP) is 2.41. The van der Waals surface area contributed by atoms with Crippen molar-refractivity contribution in [1.29, 1.82) is 0 Å². The summed E-state index contributed by atoms with van der Waals surface area (Å²) in [6.07, 6.45) is 4.45. The van der Waals surface area contributed by atoms with E-state index in [1.807, 2.05) is 19.1 Å². The van der Waals surface area contributed by atoms with Crippen LogP contribution in [0.4, 0.5) is 5.69 Å². The Kier molecular flexibility index (Phi) is 4.33. The van der Waals surface area contributed by atoms with Crippen molar-refractivity contribution in [3.8, 4) is 0 Å². The number of piperazine rings is 1. The molecule has 4 rings (SSSR count). The van der Waals surface area contributed by atoms with Crippen molar-refractivity contribution in [2.24, 2.45) is 0 Å². The number of carbonyl (C=O) groups is 1. The zero-order valence-electron chi connectivity index (χ0n) is 14.3. The number of carbonyl (C=O) groups excluding carboxylic acids is 1. The van der Waals surface area contributed by atoms with Crippen molar-refractivity contribution < 1.29 is 13.2 Å². The molecule has 2 aliphatic heterocycles. The van der Waals surface area contributed by atoms with Gasteiger partial charge in [0.1, 0.15) is 0 Å². The Morgan fingerprint density at radius 3 is 2.48 bits per heavy atom. The topological polar surface area (TPSA) is 57.7 Å². The highest BCUT2D eigenvalue weighted by molar-refractivity contribution is 7.91. The molecule has 0 spiro atoms. The van der Waals surface area contributed by atoms with Crippen molar-refractivity contribution in [3.05, 3.63) is 28.8 Å². The Morgan fingerprint density at radius 2 is 1.80 bits per heavy atom. The number of rotatable bonds is 2. The summed E-state index contributed by atoms with van der Waals surface area (Å²) in [5.41, 5.74) is 1.65. The van der Waals surface area contributed by atoms with Gasteiger partial charge in [-0.2, -0.15) is 0 Å². The van der Waals surface area contributed by atoms with Crippen LogP contribution in [0.25, 0.3) is 0 Å². The maximum Gasteiger partial charge on any atom is 0.241 e. The fourth-order valence-electron chi connectivity index (χ4n) is 4.61. The van der Waals surface area contributed by atoms with Crippen LogP contribution in [0.2, 0.25) is 5.02 Å². The van der Waals surface area contributed by atoms with Gasteiger partial charge in [0.25, 0.3) is 0 Å². The number of halogens is 1. The molecule has 0 bridgehead atoms. The van der Waals surface area contributed by atoms with E-state index in [1.165, 1.54) is 0 Å². The van der Waals surface area contributed by atoms with E-state index < -0.39 is 9.84 Å². The van der Waals surface area contributed by atoms with Gasteiger partial charge in [0, 0.05) is 22.8 Å². The molecular weight excluding hydrogens is 360 g/mol. The number of hydrogen-bond acceptors (Lipinski definition) is 4. The van der Waals surface area contributed by atoms with Crippen LogP contribution in [-0.2, 0) is 14.6 Å². The summed E-state index contributed by atoms with van der Waals surface area (Å²) in [6, 6.07) is 5.45. The zero-order chi connectivity index (χ0) is 17.8. The molecule has 25 heavy (non-hydrogen) atoms. The molecule has 3 aliphatic rings. The monoisotopic (exact) mass is 382 g/mol. The van der Waals surface area contributed by atoms with Crippen molar-refractivity contribution in [1.82, 2.24) is 4.90 Å². The normalized spacial score (nSPS) is 30.0. The van der Waals surface area contributed by atoms with Crippen molar-refractivity contribution >= 4 is 33.0 Å². The van der Waals surface area contributed by atoms with Gasteiger partial charge < -0.3 is 4.90 Å². The Morgan fingerprint density at radius 1 is 1.12 bits per heavy atom. The van der Waals surface area contributed by atoms with E-state index in [-0.39, 0.29) is 29.5 Å². The van der Waals surface area contributed by atoms with Crippen LogP contribution in [0, 0.1) is 6.92 Å². The molecule has 0 N–H and O–H groups in total. The molecule has 1 saturated carbocycles. The number of sulfone groups is 1. The lowest BCUT2D eigenvalue weighted by Gasteiger charge is -2.46. The second kappa shape index (κ2) is 6.25. The Balaban J connectivity index is 1.71. The predicted molar refractivity (Wildman–Crippen MR) is 98.9 cm³/mol. The average molecular weight is 383 g/mol. The summed E-state index contributed by atoms with van der Waals surface area (Å²) < 4.78 is 24.7. The minimum absolute atomic E-state index is 0.0230. The molecule has 1 amide bonds. The lowest BCUT2D eigenvalue weighted by molar-refractivity contribution is -0.124. The summed E-state index contributed by atoms with van der Waals surface area (Å²) in [5, 5.41) is 0.598. The molecule has 2 heterocycles. The first-order valence-corrected chi connectivity index (χ1v) is 11.1. The first-order valence-electron chi connectivity index (χ1n) is 8.90. The van der Waals surface area contributed by atoms with E-state index >= 15 is 0 Å². The largest absolute Gasteiger partial charge is 0.306 e. The van der Waals surface area contributed by atoms with Gasteiger partial charge in [-0.1, -0.05) is 30.5 Å². The average Bonchev–Trinajstić information content (AvgIpc) is 3.16. The van der Waals surface area contributed by atoms with E-state index in [1.54, 1.807) is 11.0 Å². The van der Waals surface area contributed by atoms with Crippen LogP contribution in [0.1, 0.15) is 31.2 Å². The van der Waals surface area contributed by atoms with Gasteiger partial charge in [0.15, 0.2) is 9.84 Å². The van der Waals surface area contributed by atoms with Gasteiger partial charge in [-0.15, -0.1) is 0 Å². The fourth-order valence-corrected chi connectivity index (χ4v) is 6.75. The molecule has 5 nitrogen and oxygen atoms in total. The van der Waals surface area contributed by atoms with E-state index in [4.69, 9.17) is 11.6 Å². The van der Waals surface area contributed by atoms with Gasteiger partial charge >= 0.3 is 0 Å². The first kappa shape index (κ1) is 17.3. The van der Waals surface area contributed by atoms with E-state index in [2.05, 4.69) is 4.90 Å². The van der Waals surface area contributed by atoms with E-state index in [0.717, 1.165) is 31.2 Å². The third kappa shape index (κ3) is 3.09. The number of anilines is 1. The summed E-state index contributed by atoms with van der Waals surface area (Å²) in [5.74, 6) is 0.167. The van der Waals surface area contributed by atoms with Crippen LogP contribution >= 0.6 is 11.6 Å². The van der Waals surface area contributed by atoms with Gasteiger partial charge in [-0.25, -0.2) is 8.42 Å². The zero-order valence-corrected chi connectivity index (χ0v) is 15.9. The fraction of sp³-hybridized carbons (Fsp3) is 0.611. The highest BCUT2D eigenvalue weighted by Gasteiger charge is 2.51. The van der Waals surface area contributed by atoms with Gasteiger partial charge in [-0.3, -0.25) is 9.69 Å². The Hall–Kier alpha value is -1.11. The van der Waals surface area contributed by atoms with Crippen LogP contribution < -0.4 is 4.90 Å². The number of hydrogen-bond donors (Lipinski definition) is 0. The smallest absolute Gasteiger partial charge is 0.241 e. The molecule has 7 heteroatoms. The lowest BCUT2D eigenvalue weighted by atomic mass is 9.99. The van der Waals surface area contributed by atoms with Gasteiger partial charge in [-0.05, 0) is 37.5 Å². The van der Waals surface area contributed by atoms with Crippen LogP contribution in [0.3, 0.4) is 0 Å².